The highest BCUT2D eigenvalue weighted by molar-refractivity contribution is 14.1. The quantitative estimate of drug-likeness (QED) is 0.0321. The molecule has 24 nitrogen and oxygen atoms in total. The van der Waals surface area contributed by atoms with Gasteiger partial charge in [0.15, 0.2) is 0 Å². The summed E-state index contributed by atoms with van der Waals surface area (Å²) < 4.78 is 45.4. The molecule has 0 unspecified atom stereocenters. The van der Waals surface area contributed by atoms with Crippen molar-refractivity contribution in [2.45, 2.75) is 221 Å². The van der Waals surface area contributed by atoms with Gasteiger partial charge < -0.3 is 58.9 Å². The first-order chi connectivity index (χ1) is 52.6. The second-order valence-corrected chi connectivity index (χ2v) is 36.5. The Bertz CT molecular complexity index is 4050. The second kappa shape index (κ2) is 42.7. The van der Waals surface area contributed by atoms with E-state index in [1.165, 1.54) is 53.0 Å². The number of methoxy groups -OCH3 is 2. The summed E-state index contributed by atoms with van der Waals surface area (Å²) in [4.78, 5) is 169. The molecule has 3 fully saturated rings. The Labute approximate surface area is 736 Å². The first-order valence-electron chi connectivity index (χ1n) is 37.3. The molecular weight excluding hydrogens is 2120 g/mol. The van der Waals surface area contributed by atoms with Crippen molar-refractivity contribution in [1.82, 2.24) is 4.90 Å². The molecule has 3 amide bonds. The van der Waals surface area contributed by atoms with Gasteiger partial charge in [0, 0.05) is 101 Å². The third kappa shape index (κ3) is 24.3. The van der Waals surface area contributed by atoms with Crippen molar-refractivity contribution in [3.05, 3.63) is 115 Å². The Kier molecular flexibility index (Phi) is 36.1. The number of piperidine rings is 1. The van der Waals surface area contributed by atoms with Crippen LogP contribution in [0.5, 0.6) is 11.5 Å². The van der Waals surface area contributed by atoms with E-state index in [0.29, 0.717) is 75.9 Å². The molecule has 0 aromatic heterocycles. The fraction of sp³-hybridized carbons (Fsp3) is 0.537. The first kappa shape index (κ1) is 94.6. The lowest BCUT2D eigenvalue weighted by Crippen LogP contribution is -2.61. The molecule has 30 heteroatoms. The molecule has 3 aromatic carbocycles. The predicted molar refractivity (Wildman–Crippen MR) is 470 cm³/mol. The van der Waals surface area contributed by atoms with Gasteiger partial charge >= 0.3 is 23.9 Å². The van der Waals surface area contributed by atoms with E-state index in [1.54, 1.807) is 40.9 Å². The van der Waals surface area contributed by atoms with E-state index >= 15 is 0 Å². The molecule has 3 aliphatic heterocycles. The number of esters is 4. The molecule has 3 heterocycles. The highest BCUT2D eigenvalue weighted by Gasteiger charge is 2.53. The summed E-state index contributed by atoms with van der Waals surface area (Å²) >= 11 is 11.7. The van der Waals surface area contributed by atoms with Gasteiger partial charge in [-0.2, -0.15) is 0 Å². The number of fused-ring (bicyclic) bond motifs is 3. The van der Waals surface area contributed by atoms with Crippen LogP contribution in [0.4, 0.5) is 11.4 Å². The van der Waals surface area contributed by atoms with E-state index in [1.807, 2.05) is 171 Å². The molecule has 0 spiro atoms. The number of anilines is 2. The Morgan fingerprint density at radius 3 is 1.79 bits per heavy atom. The van der Waals surface area contributed by atoms with Crippen LogP contribution >= 0.6 is 136 Å². The van der Waals surface area contributed by atoms with Crippen LogP contribution in [0.15, 0.2) is 65.8 Å². The molecule has 2 saturated heterocycles. The Morgan fingerprint density at radius 2 is 1.24 bits per heavy atom. The molecule has 0 radical (unpaired) electrons. The standard InChI is InChI=1S/C82H99I6N3O21/c1-39-20-16-15-17-21-40(2)61(106-13)37-53-25-23-45(7)82(105,112-53)76(99)77(100)91-27-19-18-22-58(91)79(102)111-62(38-59(96)41(3)29-44(6)75(98)48(10)74(97)43(5)28-39)42(4)30-51-24-26-60(63(33-51)107-14)110-78(101)52-34-54(108-80(103)64-67(84)56(31-46(8)92)66(83)57(68(64)85)32-47(9)93)36-55(35-52)109-81(104)65-69(86)72(89-49(11)94)71(88)73(70(65)87)90-50(12)95/h15-17,20-21,29,34-36,39,41-43,45,48,51,53,58,60-63,75,98,105H,18-19,22-28,30-33,37-38H2,1-14H3,(H,89,94)(H,90,95)/b17-15?,20-16+,40-21?,44-29+/t39-,41-,42-,43-,45-,48+,51+,53+,58+,60-,61+,62+,63-,75-,82-/m1/s1. The summed E-state index contributed by atoms with van der Waals surface area (Å²) in [5.74, 6) is -14.8. The van der Waals surface area contributed by atoms with Crippen LogP contribution in [0.2, 0.25) is 0 Å². The van der Waals surface area contributed by atoms with Gasteiger partial charge in [0.2, 0.25) is 17.6 Å². The lowest BCUT2D eigenvalue weighted by atomic mass is 9.78. The topological polar surface area (TPSA) is 337 Å². The lowest BCUT2D eigenvalue weighted by molar-refractivity contribution is -0.265. The van der Waals surface area contributed by atoms with Gasteiger partial charge in [0.1, 0.15) is 52.9 Å². The maximum Gasteiger partial charge on any atom is 0.345 e. The van der Waals surface area contributed by atoms with Crippen LogP contribution in [-0.2, 0) is 79.7 Å². The number of aliphatic hydroxyl groups is 2. The van der Waals surface area contributed by atoms with E-state index in [-0.39, 0.29) is 133 Å². The molecule has 112 heavy (non-hydrogen) atoms. The minimum absolute atomic E-state index is 0.00554. The number of halogens is 6. The molecule has 4 N–H and O–H groups in total. The van der Waals surface area contributed by atoms with Crippen molar-refractivity contribution < 1.29 is 101 Å². The van der Waals surface area contributed by atoms with Gasteiger partial charge in [-0.15, -0.1) is 0 Å². The normalized spacial score (nSPS) is 27.3. The second-order valence-electron chi connectivity index (χ2n) is 30.0. The fourth-order valence-corrected chi connectivity index (χ4v) is 23.3. The van der Waals surface area contributed by atoms with Crippen molar-refractivity contribution in [3.8, 4) is 11.5 Å². The summed E-state index contributed by atoms with van der Waals surface area (Å²) in [6.07, 6.45) is 9.29. The number of amides is 3. The number of ether oxygens (including phenoxy) is 7. The highest BCUT2D eigenvalue weighted by atomic mass is 127. The molecule has 1 aliphatic carbocycles. The third-order valence-electron chi connectivity index (χ3n) is 21.0. The third-order valence-corrected chi connectivity index (χ3v) is 27.9. The minimum atomic E-state index is -2.54. The SMILES string of the molecule is CO[C@H]1C[C@@H]2CC[C@@H](C)[C@@](O)(O2)C(=O)C(=O)N2CCCC[C@H]2C(=O)O[C@H]([C@H](C)C[C@@H]2CC[C@@H](OC(=O)c3cc(OC(=O)c4c(I)c(CC(C)=O)c(I)c(CC(C)=O)c4I)cc(OC(=O)c4c(I)c(NC(C)=O)c(I)c(NC(C)=O)c4I)c3)[C@H](OC)C2)CC(=O)[C@H](C)/C=C(\C)[C@@H](O)[C@@H](C)C(=O)[C@H](C)C[C@H](C)/C=C/C=CC=C1C. The van der Waals surface area contributed by atoms with Gasteiger partial charge in [-0.1, -0.05) is 78.0 Å². The van der Waals surface area contributed by atoms with Gasteiger partial charge in [-0.3, -0.25) is 38.4 Å². The number of nitrogens with one attached hydrogen (secondary N) is 2. The van der Waals surface area contributed by atoms with Crippen LogP contribution in [0, 0.1) is 62.8 Å². The molecule has 4 aliphatic rings. The zero-order valence-electron chi connectivity index (χ0n) is 65.3. The Balaban J connectivity index is 1.20. The molecular formula is C82H99I6N3O21. The molecule has 2 bridgehead atoms. The molecule has 3 aromatic rings. The number of hydrogen-bond acceptors (Lipinski definition) is 21. The zero-order chi connectivity index (χ0) is 83.2. The Morgan fingerprint density at radius 1 is 0.661 bits per heavy atom. The van der Waals surface area contributed by atoms with Crippen molar-refractivity contribution in [2.24, 2.45) is 41.4 Å². The number of aliphatic hydroxyl groups excluding tert-OH is 1. The van der Waals surface area contributed by atoms with Crippen molar-refractivity contribution in [1.29, 1.82) is 0 Å². The van der Waals surface area contributed by atoms with Crippen molar-refractivity contribution in [3.63, 3.8) is 0 Å². The lowest BCUT2D eigenvalue weighted by Gasteiger charge is -2.42. The van der Waals surface area contributed by atoms with Crippen molar-refractivity contribution >= 4 is 217 Å². The van der Waals surface area contributed by atoms with Crippen LogP contribution in [0.1, 0.15) is 202 Å². The minimum Gasteiger partial charge on any atom is -0.460 e. The van der Waals surface area contributed by atoms with Crippen molar-refractivity contribution in [2.75, 3.05) is 31.4 Å². The van der Waals surface area contributed by atoms with E-state index in [0.717, 1.165) is 10.5 Å². The first-order valence-corrected chi connectivity index (χ1v) is 43.8. The largest absolute Gasteiger partial charge is 0.460 e. The summed E-state index contributed by atoms with van der Waals surface area (Å²) in [6, 6.07) is 2.36. The van der Waals surface area contributed by atoms with E-state index in [9.17, 15) is 67.7 Å². The summed E-state index contributed by atoms with van der Waals surface area (Å²) in [6.45, 7) is 19.5. The number of Topliss-reactive ketones (excluding diaryl/α,β-unsaturated/α-hetero) is 5. The van der Waals surface area contributed by atoms with Crippen LogP contribution in [-0.4, -0.2) is 155 Å². The number of carbonyl (C=O) groups excluding carboxylic acids is 12. The number of cyclic esters (lactones) is 1. The summed E-state index contributed by atoms with van der Waals surface area (Å²) in [7, 11) is 3.01. The van der Waals surface area contributed by atoms with Gasteiger partial charge in [-0.05, 0) is 280 Å². The number of rotatable bonds is 17. The predicted octanol–water partition coefficient (Wildman–Crippen LogP) is 14.9. The molecule has 1 saturated carbocycles. The maximum atomic E-state index is 15.0. The average Bonchev–Trinajstić information content (AvgIpc) is 0.780. The number of allylic oxidation sites excluding steroid dienone is 6. The molecule has 7 rings (SSSR count). The zero-order valence-corrected chi connectivity index (χ0v) is 78.2. The fourth-order valence-electron chi connectivity index (χ4n) is 14.8. The molecule has 610 valence electrons. The average molecular weight is 2220 g/mol. The van der Waals surface area contributed by atoms with Crippen LogP contribution < -0.4 is 20.1 Å². The van der Waals surface area contributed by atoms with Crippen LogP contribution in [0.3, 0.4) is 0 Å². The molecule has 15 atom stereocenters. The smallest absolute Gasteiger partial charge is 0.345 e. The highest BCUT2D eigenvalue weighted by Crippen LogP contribution is 2.43. The summed E-state index contributed by atoms with van der Waals surface area (Å²) in [5.41, 5.74) is 2.38. The number of carbonyl (C=O) groups is 12. The van der Waals surface area contributed by atoms with Gasteiger partial charge in [0.25, 0.3) is 11.7 Å². The number of ketones is 5. The van der Waals surface area contributed by atoms with Crippen LogP contribution in [0.25, 0.3) is 0 Å². The monoisotopic (exact) mass is 2220 g/mol. The van der Waals surface area contributed by atoms with E-state index < -0.39 is 125 Å². The summed E-state index contributed by atoms with van der Waals surface area (Å²) in [5, 5.41) is 29.4. The van der Waals surface area contributed by atoms with Gasteiger partial charge in [0.05, 0.1) is 63.2 Å². The number of benzene rings is 3. The van der Waals surface area contributed by atoms with E-state index in [4.69, 9.17) is 33.2 Å². The number of hydrogen-bond donors (Lipinski definition) is 4. The Hall–Kier alpha value is -4.56. The van der Waals surface area contributed by atoms with Gasteiger partial charge in [-0.25, -0.2) is 19.2 Å². The number of nitrogens with zero attached hydrogens (tertiary/aromatic N) is 1. The van der Waals surface area contributed by atoms with E-state index in [2.05, 4.69) is 33.2 Å². The maximum absolute atomic E-state index is 15.0.